The van der Waals surface area contributed by atoms with Crippen molar-refractivity contribution >= 4 is 11.6 Å². The molecule has 0 radical (unpaired) electrons. The number of ether oxygens (including phenoxy) is 2. The molecule has 0 unspecified atom stereocenters. The smallest absolute Gasteiger partial charge is 0.228 e. The molecule has 0 aromatic heterocycles. The number of nitrogens with two attached hydrogens (primary N) is 1. The van der Waals surface area contributed by atoms with E-state index in [2.05, 4.69) is 24.4 Å². The molecule has 0 aliphatic carbocycles. The van der Waals surface area contributed by atoms with Gasteiger partial charge >= 0.3 is 0 Å². The Morgan fingerprint density at radius 2 is 1.69 bits per heavy atom. The largest absolute Gasteiger partial charge is 0.493 e. The molecule has 0 saturated carbocycles. The molecule has 0 fully saturated rings. The molecule has 1 amide bonds. The van der Waals surface area contributed by atoms with E-state index in [0.29, 0.717) is 24.7 Å². The lowest BCUT2D eigenvalue weighted by atomic mass is 9.99. The molecule has 150 valence electrons. The van der Waals surface area contributed by atoms with E-state index in [0.717, 1.165) is 27.9 Å². The van der Waals surface area contributed by atoms with Crippen LogP contribution in [0.5, 0.6) is 11.5 Å². The van der Waals surface area contributed by atoms with Crippen LogP contribution in [0.4, 0.5) is 5.69 Å². The monoisotopic (exact) mass is 390 g/mol. The highest BCUT2D eigenvalue weighted by Gasteiger charge is 2.12. The highest BCUT2D eigenvalue weighted by molar-refractivity contribution is 5.96. The number of aryl methyl sites for hydroxylation is 1. The number of rotatable bonds is 8. The predicted octanol–water partition coefficient (Wildman–Crippen LogP) is 4.19. The Hall–Kier alpha value is -3.31. The number of methoxy groups -OCH3 is 1. The first-order valence-electron chi connectivity index (χ1n) is 9.57. The van der Waals surface area contributed by atoms with Crippen molar-refractivity contribution in [3.63, 3.8) is 0 Å². The van der Waals surface area contributed by atoms with Gasteiger partial charge in [-0.1, -0.05) is 48.5 Å². The maximum absolute atomic E-state index is 12.7. The lowest BCUT2D eigenvalue weighted by Gasteiger charge is -2.14. The number of carbonyl (C=O) groups is 1. The van der Waals surface area contributed by atoms with Gasteiger partial charge in [-0.15, -0.1) is 0 Å². The van der Waals surface area contributed by atoms with Gasteiger partial charge in [0.25, 0.3) is 0 Å². The van der Waals surface area contributed by atoms with Crippen molar-refractivity contribution in [2.75, 3.05) is 25.6 Å². The number of anilines is 1. The van der Waals surface area contributed by atoms with Gasteiger partial charge in [0.2, 0.25) is 5.91 Å². The molecular formula is C24H26N2O3. The molecule has 29 heavy (non-hydrogen) atoms. The first-order valence-corrected chi connectivity index (χ1v) is 9.57. The minimum absolute atomic E-state index is 0.0938. The Labute approximate surface area is 171 Å². The number of amides is 1. The molecular weight excluding hydrogens is 364 g/mol. The fourth-order valence-electron chi connectivity index (χ4n) is 3.19. The van der Waals surface area contributed by atoms with Crippen molar-refractivity contribution < 1.29 is 14.3 Å². The average molecular weight is 390 g/mol. The molecule has 3 rings (SSSR count). The van der Waals surface area contributed by atoms with Gasteiger partial charge in [-0.3, -0.25) is 4.79 Å². The molecule has 0 aliphatic rings. The normalized spacial score (nSPS) is 10.4. The summed E-state index contributed by atoms with van der Waals surface area (Å²) in [7, 11) is 1.58. The van der Waals surface area contributed by atoms with Crippen LogP contribution in [0, 0.1) is 6.92 Å². The maximum Gasteiger partial charge on any atom is 0.228 e. The standard InChI is InChI=1S/C24H26N2O3/c1-17-7-3-4-8-19(17)20-9-5-6-10-21(20)26-24(27)16-18-11-12-22(29-14-13-25)23(15-18)28-2/h3-12,15H,13-14,16,25H2,1-2H3,(H,26,27). The molecule has 5 heteroatoms. The second-order valence-electron chi connectivity index (χ2n) is 6.71. The molecule has 0 bridgehead atoms. The Kier molecular flexibility index (Phi) is 6.87. The van der Waals surface area contributed by atoms with Gasteiger partial charge in [0.15, 0.2) is 11.5 Å². The Morgan fingerprint density at radius 3 is 2.41 bits per heavy atom. The fraction of sp³-hybridized carbons (Fsp3) is 0.208. The van der Waals surface area contributed by atoms with Gasteiger partial charge in [-0.2, -0.15) is 0 Å². The second kappa shape index (κ2) is 9.75. The first-order chi connectivity index (χ1) is 14.1. The number of nitrogens with one attached hydrogen (secondary N) is 1. The van der Waals surface area contributed by atoms with Crippen LogP contribution in [0.15, 0.2) is 66.7 Å². The third-order valence-corrected chi connectivity index (χ3v) is 4.60. The molecule has 5 nitrogen and oxygen atoms in total. The molecule has 0 heterocycles. The summed E-state index contributed by atoms with van der Waals surface area (Å²) in [5.74, 6) is 1.11. The summed E-state index contributed by atoms with van der Waals surface area (Å²) in [6.07, 6.45) is 0.232. The van der Waals surface area contributed by atoms with Crippen LogP contribution in [0.1, 0.15) is 11.1 Å². The summed E-state index contributed by atoms with van der Waals surface area (Å²) in [5, 5.41) is 3.04. The van der Waals surface area contributed by atoms with Crippen molar-refractivity contribution in [2.24, 2.45) is 5.73 Å². The highest BCUT2D eigenvalue weighted by Crippen LogP contribution is 2.31. The van der Waals surface area contributed by atoms with Crippen molar-refractivity contribution in [3.05, 3.63) is 77.9 Å². The SMILES string of the molecule is COc1cc(CC(=O)Nc2ccccc2-c2ccccc2C)ccc1OCCN. The molecule has 3 N–H and O–H groups in total. The van der Waals surface area contributed by atoms with Crippen LogP contribution in [-0.4, -0.2) is 26.2 Å². The van der Waals surface area contributed by atoms with E-state index >= 15 is 0 Å². The molecule has 0 atom stereocenters. The average Bonchev–Trinajstić information content (AvgIpc) is 2.73. The zero-order valence-corrected chi connectivity index (χ0v) is 16.8. The van der Waals surface area contributed by atoms with Crippen LogP contribution in [0.3, 0.4) is 0 Å². The minimum Gasteiger partial charge on any atom is -0.493 e. The van der Waals surface area contributed by atoms with Crippen molar-refractivity contribution in [1.29, 1.82) is 0 Å². The van der Waals surface area contributed by atoms with Gasteiger partial charge in [-0.05, 0) is 41.8 Å². The molecule has 0 saturated heterocycles. The summed E-state index contributed by atoms with van der Waals surface area (Å²) in [6, 6.07) is 21.5. The number of hydrogen-bond donors (Lipinski definition) is 2. The van der Waals surface area contributed by atoms with E-state index in [4.69, 9.17) is 15.2 Å². The Balaban J connectivity index is 1.76. The van der Waals surface area contributed by atoms with Crippen LogP contribution in [0.2, 0.25) is 0 Å². The fourth-order valence-corrected chi connectivity index (χ4v) is 3.19. The summed E-state index contributed by atoms with van der Waals surface area (Å²) in [4.78, 5) is 12.7. The van der Waals surface area contributed by atoms with E-state index in [1.807, 2.05) is 48.5 Å². The van der Waals surface area contributed by atoms with Crippen LogP contribution < -0.4 is 20.5 Å². The predicted molar refractivity (Wildman–Crippen MR) is 116 cm³/mol. The van der Waals surface area contributed by atoms with Crippen LogP contribution >= 0.6 is 0 Å². The number of para-hydroxylation sites is 1. The zero-order valence-electron chi connectivity index (χ0n) is 16.8. The summed E-state index contributed by atoms with van der Waals surface area (Å²) in [5.41, 5.74) is 10.4. The van der Waals surface area contributed by atoms with E-state index in [-0.39, 0.29) is 12.3 Å². The summed E-state index contributed by atoms with van der Waals surface area (Å²) in [6.45, 7) is 2.90. The third kappa shape index (κ3) is 5.15. The van der Waals surface area contributed by atoms with E-state index in [9.17, 15) is 4.79 Å². The van der Waals surface area contributed by atoms with E-state index in [1.165, 1.54) is 0 Å². The Bertz CT molecular complexity index is 985. The van der Waals surface area contributed by atoms with Gasteiger partial charge in [0.05, 0.1) is 13.5 Å². The van der Waals surface area contributed by atoms with Gasteiger partial charge in [0, 0.05) is 17.8 Å². The lowest BCUT2D eigenvalue weighted by molar-refractivity contribution is -0.115. The third-order valence-electron chi connectivity index (χ3n) is 4.60. The van der Waals surface area contributed by atoms with Crippen LogP contribution in [-0.2, 0) is 11.2 Å². The van der Waals surface area contributed by atoms with Crippen LogP contribution in [0.25, 0.3) is 11.1 Å². The van der Waals surface area contributed by atoms with Gasteiger partial charge < -0.3 is 20.5 Å². The molecule has 3 aromatic carbocycles. The van der Waals surface area contributed by atoms with E-state index < -0.39 is 0 Å². The molecule has 0 aliphatic heterocycles. The maximum atomic E-state index is 12.7. The Morgan fingerprint density at radius 1 is 0.966 bits per heavy atom. The number of carbonyl (C=O) groups excluding carboxylic acids is 1. The second-order valence-corrected chi connectivity index (χ2v) is 6.71. The number of benzene rings is 3. The quantitative estimate of drug-likeness (QED) is 0.605. The van der Waals surface area contributed by atoms with Crippen molar-refractivity contribution in [3.8, 4) is 22.6 Å². The summed E-state index contributed by atoms with van der Waals surface area (Å²) < 4.78 is 10.9. The summed E-state index contributed by atoms with van der Waals surface area (Å²) >= 11 is 0. The van der Waals surface area contributed by atoms with Crippen molar-refractivity contribution in [2.45, 2.75) is 13.3 Å². The number of hydrogen-bond acceptors (Lipinski definition) is 4. The molecule has 0 spiro atoms. The van der Waals surface area contributed by atoms with Gasteiger partial charge in [0.1, 0.15) is 6.61 Å². The molecule has 3 aromatic rings. The minimum atomic E-state index is -0.0938. The topological polar surface area (TPSA) is 73.6 Å². The van der Waals surface area contributed by atoms with E-state index in [1.54, 1.807) is 13.2 Å². The van der Waals surface area contributed by atoms with Gasteiger partial charge in [-0.25, -0.2) is 0 Å². The van der Waals surface area contributed by atoms with Crippen molar-refractivity contribution in [1.82, 2.24) is 0 Å². The lowest BCUT2D eigenvalue weighted by Crippen LogP contribution is -2.15. The first kappa shape index (κ1) is 20.4. The zero-order chi connectivity index (χ0) is 20.6. The highest BCUT2D eigenvalue weighted by atomic mass is 16.5.